The molecular weight excluding hydrogens is 429 g/mol. The number of hydrogen-bond acceptors (Lipinski definition) is 4. The van der Waals surface area contributed by atoms with Crippen molar-refractivity contribution in [2.75, 3.05) is 31.5 Å². The first-order valence-corrected chi connectivity index (χ1v) is 11.3. The summed E-state index contributed by atoms with van der Waals surface area (Å²) in [6.07, 6.45) is 6.70. The average molecular weight is 454 g/mol. The lowest BCUT2D eigenvalue weighted by Crippen LogP contribution is -2.44. The Hall–Kier alpha value is -2.90. The van der Waals surface area contributed by atoms with Crippen LogP contribution >= 0.6 is 11.6 Å². The van der Waals surface area contributed by atoms with Crippen molar-refractivity contribution in [3.8, 4) is 0 Å². The molecule has 4 heterocycles. The Morgan fingerprint density at radius 1 is 1.28 bits per heavy atom. The van der Waals surface area contributed by atoms with Crippen molar-refractivity contribution in [1.29, 1.82) is 0 Å². The number of carbonyl (C=O) groups excluding carboxylic acids is 1. The van der Waals surface area contributed by atoms with Crippen molar-refractivity contribution in [2.45, 2.75) is 19.3 Å². The Labute approximate surface area is 190 Å². The molecule has 2 aromatic heterocycles. The molecule has 8 heteroatoms. The maximum absolute atomic E-state index is 13.5. The molecule has 5 rings (SSSR count). The van der Waals surface area contributed by atoms with Gasteiger partial charge in [0.2, 0.25) is 5.91 Å². The van der Waals surface area contributed by atoms with Crippen LogP contribution in [-0.2, 0) is 4.79 Å². The lowest BCUT2D eigenvalue weighted by Gasteiger charge is -2.31. The number of nitrogens with one attached hydrogen (secondary N) is 3. The van der Waals surface area contributed by atoms with Crippen molar-refractivity contribution >= 4 is 45.5 Å². The first-order valence-electron chi connectivity index (χ1n) is 11.0. The standard InChI is InChI=1S/C24H25ClFN5O/c25-19-12-17(3-4-20(19)26)29-21-5-9-28-23-18(21)13-22(30-23)15-6-10-31(11-7-15)24(32)16-2-1-8-27-14-16/h3-6,9,12-13,16,27H,1-2,7-8,10-11,14H2,(H2,28,29,30). The van der Waals surface area contributed by atoms with E-state index in [0.29, 0.717) is 12.2 Å². The van der Waals surface area contributed by atoms with Gasteiger partial charge in [0, 0.05) is 42.6 Å². The Balaban J connectivity index is 1.34. The molecule has 1 fully saturated rings. The SMILES string of the molecule is O=C(C1CCCNC1)N1CC=C(c2cc3c(Nc4ccc(F)c(Cl)c4)ccnc3[nH]2)CC1. The number of benzene rings is 1. The molecule has 0 spiro atoms. The summed E-state index contributed by atoms with van der Waals surface area (Å²) in [5, 5.41) is 7.64. The van der Waals surface area contributed by atoms with Gasteiger partial charge < -0.3 is 20.5 Å². The van der Waals surface area contributed by atoms with E-state index in [1.807, 2.05) is 11.0 Å². The van der Waals surface area contributed by atoms with Crippen LogP contribution in [-0.4, -0.2) is 47.0 Å². The van der Waals surface area contributed by atoms with Crippen molar-refractivity contribution < 1.29 is 9.18 Å². The zero-order chi connectivity index (χ0) is 22.1. The summed E-state index contributed by atoms with van der Waals surface area (Å²) in [7, 11) is 0. The fourth-order valence-corrected chi connectivity index (χ4v) is 4.65. The summed E-state index contributed by atoms with van der Waals surface area (Å²) >= 11 is 5.92. The predicted octanol–water partition coefficient (Wildman–Crippen LogP) is 4.71. The molecule has 32 heavy (non-hydrogen) atoms. The van der Waals surface area contributed by atoms with Gasteiger partial charge in [-0.05, 0) is 61.7 Å². The molecule has 1 saturated heterocycles. The van der Waals surface area contributed by atoms with Crippen molar-refractivity contribution in [3.05, 3.63) is 59.1 Å². The Kier molecular flexibility index (Phi) is 5.85. The van der Waals surface area contributed by atoms with Crippen LogP contribution in [0, 0.1) is 11.7 Å². The van der Waals surface area contributed by atoms with Gasteiger partial charge in [0.1, 0.15) is 11.5 Å². The number of piperidine rings is 1. The largest absolute Gasteiger partial charge is 0.355 e. The zero-order valence-electron chi connectivity index (χ0n) is 17.6. The topological polar surface area (TPSA) is 73.1 Å². The van der Waals surface area contributed by atoms with Crippen molar-refractivity contribution in [3.63, 3.8) is 0 Å². The molecule has 0 radical (unpaired) electrons. The number of nitrogens with zero attached hydrogens (tertiary/aromatic N) is 2. The Bertz CT molecular complexity index is 1180. The summed E-state index contributed by atoms with van der Waals surface area (Å²) in [4.78, 5) is 22.6. The number of amides is 1. The van der Waals surface area contributed by atoms with Crippen LogP contribution in [0.5, 0.6) is 0 Å². The Morgan fingerprint density at radius 2 is 2.19 bits per heavy atom. The van der Waals surface area contributed by atoms with Gasteiger partial charge in [-0.2, -0.15) is 0 Å². The summed E-state index contributed by atoms with van der Waals surface area (Å²) in [6.45, 7) is 3.15. The molecule has 0 aliphatic carbocycles. The highest BCUT2D eigenvalue weighted by Gasteiger charge is 2.27. The van der Waals surface area contributed by atoms with Crippen LogP contribution in [0.2, 0.25) is 5.02 Å². The highest BCUT2D eigenvalue weighted by Crippen LogP contribution is 2.31. The number of anilines is 2. The molecule has 2 aliphatic rings. The average Bonchev–Trinajstić information content (AvgIpc) is 3.27. The molecule has 1 unspecified atom stereocenters. The van der Waals surface area contributed by atoms with Crippen LogP contribution in [0.15, 0.2) is 42.6 Å². The molecule has 0 bridgehead atoms. The number of pyridine rings is 1. The van der Waals surface area contributed by atoms with Crippen molar-refractivity contribution in [1.82, 2.24) is 20.2 Å². The molecule has 3 aromatic rings. The van der Waals surface area contributed by atoms with Crippen LogP contribution in [0.1, 0.15) is 25.0 Å². The minimum absolute atomic E-state index is 0.0746. The number of rotatable bonds is 4. The van der Waals surface area contributed by atoms with Gasteiger partial charge in [0.05, 0.1) is 16.6 Å². The Morgan fingerprint density at radius 3 is 2.94 bits per heavy atom. The zero-order valence-corrected chi connectivity index (χ0v) is 18.4. The molecule has 6 nitrogen and oxygen atoms in total. The second kappa shape index (κ2) is 8.92. The van der Waals surface area contributed by atoms with E-state index in [0.717, 1.165) is 61.3 Å². The van der Waals surface area contributed by atoms with Crippen LogP contribution in [0.4, 0.5) is 15.8 Å². The number of H-pyrrole nitrogens is 1. The number of fused-ring (bicyclic) bond motifs is 1. The lowest BCUT2D eigenvalue weighted by molar-refractivity contribution is -0.135. The van der Waals surface area contributed by atoms with Gasteiger partial charge in [0.25, 0.3) is 0 Å². The third kappa shape index (κ3) is 4.23. The molecular formula is C24H25ClFN5O. The van der Waals surface area contributed by atoms with Gasteiger partial charge >= 0.3 is 0 Å². The number of hydrogen-bond donors (Lipinski definition) is 3. The minimum atomic E-state index is -0.447. The normalized spacial score (nSPS) is 19.1. The number of aromatic nitrogens is 2. The van der Waals surface area contributed by atoms with E-state index < -0.39 is 5.82 Å². The first kappa shape index (κ1) is 21.0. The minimum Gasteiger partial charge on any atom is -0.355 e. The summed E-state index contributed by atoms with van der Waals surface area (Å²) in [5.74, 6) is -0.0858. The third-order valence-corrected chi connectivity index (χ3v) is 6.53. The second-order valence-electron chi connectivity index (χ2n) is 8.36. The summed E-state index contributed by atoms with van der Waals surface area (Å²) in [5.41, 5.74) is 4.52. The van der Waals surface area contributed by atoms with E-state index >= 15 is 0 Å². The lowest BCUT2D eigenvalue weighted by atomic mass is 9.96. The van der Waals surface area contributed by atoms with E-state index in [2.05, 4.69) is 32.7 Å². The third-order valence-electron chi connectivity index (χ3n) is 6.24. The molecule has 0 saturated carbocycles. The highest BCUT2D eigenvalue weighted by molar-refractivity contribution is 6.31. The van der Waals surface area contributed by atoms with E-state index in [1.54, 1.807) is 18.3 Å². The number of aromatic amines is 1. The van der Waals surface area contributed by atoms with Gasteiger partial charge in [0.15, 0.2) is 0 Å². The molecule has 3 N–H and O–H groups in total. The van der Waals surface area contributed by atoms with Gasteiger partial charge in [-0.1, -0.05) is 17.7 Å². The fraction of sp³-hybridized carbons (Fsp3) is 0.333. The molecule has 166 valence electrons. The van der Waals surface area contributed by atoms with Gasteiger partial charge in [-0.3, -0.25) is 4.79 Å². The van der Waals surface area contributed by atoms with E-state index in [1.165, 1.54) is 11.6 Å². The molecule has 1 amide bonds. The van der Waals surface area contributed by atoms with E-state index in [9.17, 15) is 9.18 Å². The number of halogens is 2. The molecule has 2 aliphatic heterocycles. The molecule has 1 atom stereocenters. The summed E-state index contributed by atoms with van der Waals surface area (Å²) < 4.78 is 13.5. The quantitative estimate of drug-likeness (QED) is 0.534. The van der Waals surface area contributed by atoms with Gasteiger partial charge in [-0.25, -0.2) is 9.37 Å². The summed E-state index contributed by atoms with van der Waals surface area (Å²) in [6, 6.07) is 8.51. The predicted molar refractivity (Wildman–Crippen MR) is 126 cm³/mol. The van der Waals surface area contributed by atoms with E-state index in [4.69, 9.17) is 11.6 Å². The van der Waals surface area contributed by atoms with Crippen LogP contribution < -0.4 is 10.6 Å². The maximum Gasteiger partial charge on any atom is 0.227 e. The fourth-order valence-electron chi connectivity index (χ4n) is 4.47. The van der Waals surface area contributed by atoms with Gasteiger partial charge in [-0.15, -0.1) is 0 Å². The second-order valence-corrected chi connectivity index (χ2v) is 8.77. The maximum atomic E-state index is 13.5. The highest BCUT2D eigenvalue weighted by atomic mass is 35.5. The van der Waals surface area contributed by atoms with Crippen molar-refractivity contribution in [2.24, 2.45) is 5.92 Å². The van der Waals surface area contributed by atoms with E-state index in [-0.39, 0.29) is 16.8 Å². The monoisotopic (exact) mass is 453 g/mol. The van der Waals surface area contributed by atoms with Crippen LogP contribution in [0.25, 0.3) is 16.6 Å². The van der Waals surface area contributed by atoms with Crippen LogP contribution in [0.3, 0.4) is 0 Å². The first-order chi connectivity index (χ1) is 15.6. The smallest absolute Gasteiger partial charge is 0.227 e. The molecule has 1 aromatic carbocycles. The number of carbonyl (C=O) groups is 1.